The van der Waals surface area contributed by atoms with Gasteiger partial charge in [-0.05, 0) is 6.07 Å². The molecule has 0 saturated heterocycles. The van der Waals surface area contributed by atoms with Gasteiger partial charge in [-0.1, -0.05) is 12.1 Å². The van der Waals surface area contributed by atoms with Gasteiger partial charge in [-0.2, -0.15) is 13.2 Å². The third-order valence-corrected chi connectivity index (χ3v) is 2.81. The summed E-state index contributed by atoms with van der Waals surface area (Å²) in [5.74, 6) is -3.50. The van der Waals surface area contributed by atoms with E-state index in [0.29, 0.717) is 7.11 Å². The fraction of sp³-hybridized carbons (Fsp3) is 0.333. The molecule has 1 aromatic rings. The molecule has 0 aromatic heterocycles. The molecule has 1 unspecified atom stereocenters. The van der Waals surface area contributed by atoms with Gasteiger partial charge in [0.05, 0.1) is 24.0 Å². The lowest BCUT2D eigenvalue weighted by molar-refractivity contribution is -0.385. The van der Waals surface area contributed by atoms with Crippen LogP contribution in [0.2, 0.25) is 0 Å². The SMILES string of the molecule is COC(=O)C(O)(CC(=O)c1ccccc1[N+](=O)[O-])C(F)(F)F. The molecule has 1 rings (SSSR count). The van der Waals surface area contributed by atoms with Crippen LogP contribution in [0.5, 0.6) is 0 Å². The van der Waals surface area contributed by atoms with Crippen LogP contribution in [0.3, 0.4) is 0 Å². The average Bonchev–Trinajstić information content (AvgIpc) is 2.44. The molecule has 0 radical (unpaired) electrons. The number of benzene rings is 1. The first-order chi connectivity index (χ1) is 10.0. The van der Waals surface area contributed by atoms with Crippen LogP contribution in [-0.2, 0) is 9.53 Å². The molecule has 0 spiro atoms. The van der Waals surface area contributed by atoms with E-state index in [1.807, 2.05) is 0 Å². The third kappa shape index (κ3) is 3.22. The van der Waals surface area contributed by atoms with Crippen LogP contribution < -0.4 is 0 Å². The van der Waals surface area contributed by atoms with E-state index in [2.05, 4.69) is 4.74 Å². The summed E-state index contributed by atoms with van der Waals surface area (Å²) in [6, 6.07) is 4.25. The van der Waals surface area contributed by atoms with E-state index in [9.17, 15) is 38.0 Å². The van der Waals surface area contributed by atoms with Gasteiger partial charge in [0.1, 0.15) is 0 Å². The summed E-state index contributed by atoms with van der Waals surface area (Å²) in [7, 11) is 0.606. The number of rotatable bonds is 5. The van der Waals surface area contributed by atoms with Crippen LogP contribution in [0, 0.1) is 10.1 Å². The van der Waals surface area contributed by atoms with Gasteiger partial charge in [0.2, 0.25) is 0 Å². The van der Waals surface area contributed by atoms with Gasteiger partial charge in [0.25, 0.3) is 11.3 Å². The van der Waals surface area contributed by atoms with E-state index in [1.54, 1.807) is 0 Å². The van der Waals surface area contributed by atoms with E-state index in [-0.39, 0.29) is 0 Å². The zero-order chi connectivity index (χ0) is 17.1. The summed E-state index contributed by atoms with van der Waals surface area (Å²) >= 11 is 0. The maximum atomic E-state index is 12.8. The summed E-state index contributed by atoms with van der Waals surface area (Å²) in [6.07, 6.45) is -7.21. The number of methoxy groups -OCH3 is 1. The molecule has 0 amide bonds. The number of hydrogen-bond acceptors (Lipinski definition) is 6. The number of aliphatic hydroxyl groups is 1. The molecule has 7 nitrogen and oxygen atoms in total. The largest absolute Gasteiger partial charge is 0.467 e. The van der Waals surface area contributed by atoms with Crippen LogP contribution in [0.4, 0.5) is 18.9 Å². The number of carbonyl (C=O) groups is 2. The molecule has 1 aromatic carbocycles. The Bertz CT molecular complexity index is 615. The quantitative estimate of drug-likeness (QED) is 0.382. The van der Waals surface area contributed by atoms with Crippen molar-refractivity contribution >= 4 is 17.4 Å². The van der Waals surface area contributed by atoms with Gasteiger partial charge in [-0.25, -0.2) is 4.79 Å². The summed E-state index contributed by atoms with van der Waals surface area (Å²) in [6.45, 7) is 0. The Balaban J connectivity index is 3.24. The van der Waals surface area contributed by atoms with Crippen LogP contribution in [-0.4, -0.2) is 40.7 Å². The zero-order valence-electron chi connectivity index (χ0n) is 11.1. The second kappa shape index (κ2) is 6.10. The monoisotopic (exact) mass is 321 g/mol. The maximum Gasteiger partial charge on any atom is 0.428 e. The number of Topliss-reactive ketones (excluding diaryl/α,β-unsaturated/α-hetero) is 1. The molecule has 0 saturated carbocycles. The van der Waals surface area contributed by atoms with Crippen molar-refractivity contribution in [2.45, 2.75) is 18.2 Å². The van der Waals surface area contributed by atoms with Crippen molar-refractivity contribution in [1.29, 1.82) is 0 Å². The van der Waals surface area contributed by atoms with Gasteiger partial charge in [0.15, 0.2) is 5.78 Å². The Kier molecular flexibility index (Phi) is 4.87. The molecular formula is C12H10F3NO6. The number of carbonyl (C=O) groups excluding carboxylic acids is 2. The highest BCUT2D eigenvalue weighted by atomic mass is 19.4. The van der Waals surface area contributed by atoms with Gasteiger partial charge in [0, 0.05) is 6.07 Å². The molecule has 120 valence electrons. The number of alkyl halides is 3. The van der Waals surface area contributed by atoms with Gasteiger partial charge in [-0.15, -0.1) is 0 Å². The minimum atomic E-state index is -5.49. The number of nitrogens with zero attached hydrogens (tertiary/aromatic N) is 1. The molecule has 0 aliphatic heterocycles. The molecule has 1 atom stereocenters. The van der Waals surface area contributed by atoms with Crippen molar-refractivity contribution in [3.8, 4) is 0 Å². The predicted molar refractivity (Wildman–Crippen MR) is 65.1 cm³/mol. The molecule has 0 heterocycles. The number of ether oxygens (including phenoxy) is 1. The van der Waals surface area contributed by atoms with Crippen molar-refractivity contribution in [3.63, 3.8) is 0 Å². The number of ketones is 1. The van der Waals surface area contributed by atoms with Crippen LogP contribution >= 0.6 is 0 Å². The predicted octanol–water partition coefficient (Wildman–Crippen LogP) is 1.63. The van der Waals surface area contributed by atoms with Crippen molar-refractivity contribution in [2.75, 3.05) is 7.11 Å². The lowest BCUT2D eigenvalue weighted by Gasteiger charge is -2.26. The smallest absolute Gasteiger partial charge is 0.428 e. The molecule has 22 heavy (non-hydrogen) atoms. The lowest BCUT2D eigenvalue weighted by Crippen LogP contribution is -2.54. The number of halogens is 3. The second-order valence-electron chi connectivity index (χ2n) is 4.22. The summed E-state index contributed by atoms with van der Waals surface area (Å²) < 4.78 is 42.4. The van der Waals surface area contributed by atoms with Crippen molar-refractivity contribution in [2.24, 2.45) is 0 Å². The average molecular weight is 321 g/mol. The van der Waals surface area contributed by atoms with Crippen molar-refractivity contribution in [1.82, 2.24) is 0 Å². The third-order valence-electron chi connectivity index (χ3n) is 2.81. The normalized spacial score (nSPS) is 14.0. The Morgan fingerprint density at radius 2 is 1.86 bits per heavy atom. The topological polar surface area (TPSA) is 107 Å². The van der Waals surface area contributed by atoms with E-state index in [0.717, 1.165) is 12.1 Å². The fourth-order valence-electron chi connectivity index (χ4n) is 1.65. The van der Waals surface area contributed by atoms with E-state index >= 15 is 0 Å². The number of para-hydroxylation sites is 1. The zero-order valence-corrected chi connectivity index (χ0v) is 11.1. The standard InChI is InChI=1S/C12H10F3NO6/c1-22-10(18)11(19,12(13,14)15)6-9(17)7-4-2-3-5-8(7)16(20)21/h2-5,19H,6H2,1H3. The number of nitro benzene ring substituents is 1. The second-order valence-corrected chi connectivity index (χ2v) is 4.22. The summed E-state index contributed by atoms with van der Waals surface area (Å²) in [4.78, 5) is 32.9. The Hall–Kier alpha value is -2.49. The molecule has 0 bridgehead atoms. The molecule has 0 aliphatic carbocycles. The van der Waals surface area contributed by atoms with Crippen molar-refractivity contribution < 1.29 is 37.5 Å². The Morgan fingerprint density at radius 3 is 2.32 bits per heavy atom. The van der Waals surface area contributed by atoms with Crippen LogP contribution in [0.1, 0.15) is 16.8 Å². The minimum Gasteiger partial charge on any atom is -0.467 e. The first kappa shape index (κ1) is 17.6. The fourth-order valence-corrected chi connectivity index (χ4v) is 1.65. The number of hydrogen-bond donors (Lipinski definition) is 1. The first-order valence-corrected chi connectivity index (χ1v) is 5.68. The first-order valence-electron chi connectivity index (χ1n) is 5.68. The van der Waals surface area contributed by atoms with Gasteiger partial charge < -0.3 is 9.84 Å². The molecule has 1 N–H and O–H groups in total. The molecule has 0 aliphatic rings. The van der Waals surface area contributed by atoms with Gasteiger partial charge in [-0.3, -0.25) is 14.9 Å². The van der Waals surface area contributed by atoms with Gasteiger partial charge >= 0.3 is 12.1 Å². The molecular weight excluding hydrogens is 311 g/mol. The number of nitro groups is 1. The highest BCUT2D eigenvalue weighted by molar-refractivity contribution is 6.03. The minimum absolute atomic E-state index is 0.606. The summed E-state index contributed by atoms with van der Waals surface area (Å²) in [5.41, 5.74) is -5.47. The molecule has 10 heteroatoms. The lowest BCUT2D eigenvalue weighted by atomic mass is 9.92. The van der Waals surface area contributed by atoms with E-state index < -0.39 is 46.1 Å². The van der Waals surface area contributed by atoms with Crippen LogP contribution in [0.15, 0.2) is 24.3 Å². The van der Waals surface area contributed by atoms with Crippen molar-refractivity contribution in [3.05, 3.63) is 39.9 Å². The Labute approximate surface area is 121 Å². The van der Waals surface area contributed by atoms with Crippen LogP contribution in [0.25, 0.3) is 0 Å². The highest BCUT2D eigenvalue weighted by Gasteiger charge is 2.61. The van der Waals surface area contributed by atoms with E-state index in [1.165, 1.54) is 12.1 Å². The number of esters is 1. The summed E-state index contributed by atoms with van der Waals surface area (Å²) in [5, 5.41) is 20.2. The van der Waals surface area contributed by atoms with E-state index in [4.69, 9.17) is 0 Å². The highest BCUT2D eigenvalue weighted by Crippen LogP contribution is 2.36. The maximum absolute atomic E-state index is 12.8. The molecule has 0 fully saturated rings. The Morgan fingerprint density at radius 1 is 1.32 bits per heavy atom.